The van der Waals surface area contributed by atoms with E-state index in [0.29, 0.717) is 16.9 Å². The van der Waals surface area contributed by atoms with Crippen LogP contribution in [0.4, 0.5) is 0 Å². The van der Waals surface area contributed by atoms with E-state index in [1.165, 1.54) is 6.92 Å². The van der Waals surface area contributed by atoms with Crippen molar-refractivity contribution in [1.29, 1.82) is 0 Å². The SMILES string of the molecule is CC(=O)OC1=C(C(C)(C)C)C(=O)C2C(=C1C(C)(C)C)C=C[S+]2[O-]. The molecule has 2 atom stereocenters. The van der Waals surface area contributed by atoms with Gasteiger partial charge in [0.1, 0.15) is 11.2 Å². The first kappa shape index (κ1) is 18.0. The number of allylic oxidation sites excluding steroid dienone is 3. The zero-order valence-electron chi connectivity index (χ0n) is 14.8. The van der Waals surface area contributed by atoms with E-state index >= 15 is 0 Å². The lowest BCUT2D eigenvalue weighted by molar-refractivity contribution is -0.136. The molecule has 2 unspecified atom stereocenters. The van der Waals surface area contributed by atoms with Gasteiger partial charge in [-0.3, -0.25) is 9.59 Å². The summed E-state index contributed by atoms with van der Waals surface area (Å²) in [6.07, 6.45) is 1.74. The molecule has 1 heterocycles. The van der Waals surface area contributed by atoms with Crippen molar-refractivity contribution < 1.29 is 18.9 Å². The summed E-state index contributed by atoms with van der Waals surface area (Å²) < 4.78 is 17.8. The van der Waals surface area contributed by atoms with Gasteiger partial charge >= 0.3 is 5.97 Å². The Bertz CT molecular complexity index is 653. The number of hydrogen-bond acceptors (Lipinski definition) is 4. The maximum absolute atomic E-state index is 13.0. The molecule has 0 aromatic rings. The van der Waals surface area contributed by atoms with Gasteiger partial charge in [0.05, 0.1) is 0 Å². The number of hydrogen-bond donors (Lipinski definition) is 0. The number of rotatable bonds is 1. The number of carbonyl (C=O) groups is 2. The van der Waals surface area contributed by atoms with Crippen LogP contribution in [0.15, 0.2) is 34.0 Å². The van der Waals surface area contributed by atoms with Gasteiger partial charge in [-0.05, 0) is 28.1 Å². The van der Waals surface area contributed by atoms with Gasteiger partial charge in [-0.15, -0.1) is 0 Å². The zero-order chi connectivity index (χ0) is 17.7. The minimum Gasteiger partial charge on any atom is -0.611 e. The minimum atomic E-state index is -1.37. The molecule has 0 amide bonds. The first-order chi connectivity index (χ1) is 10.4. The molecule has 0 N–H and O–H groups in total. The summed E-state index contributed by atoms with van der Waals surface area (Å²) in [5.74, 6) is -0.323. The van der Waals surface area contributed by atoms with E-state index in [2.05, 4.69) is 0 Å². The number of carbonyl (C=O) groups excluding carboxylic acids is 2. The van der Waals surface area contributed by atoms with Crippen molar-refractivity contribution in [2.45, 2.75) is 53.7 Å². The predicted octanol–water partition coefficient (Wildman–Crippen LogP) is 3.42. The minimum absolute atomic E-state index is 0.208. The molecular weight excluding hydrogens is 312 g/mol. The molecule has 23 heavy (non-hydrogen) atoms. The molecule has 0 radical (unpaired) electrons. The smallest absolute Gasteiger partial charge is 0.308 e. The fourth-order valence-electron chi connectivity index (χ4n) is 3.12. The topological polar surface area (TPSA) is 66.4 Å². The van der Waals surface area contributed by atoms with Crippen LogP contribution >= 0.6 is 0 Å². The lowest BCUT2D eigenvalue weighted by Gasteiger charge is -2.36. The van der Waals surface area contributed by atoms with Crippen molar-refractivity contribution in [2.24, 2.45) is 10.8 Å². The fourth-order valence-corrected chi connectivity index (χ4v) is 4.33. The molecule has 5 heteroatoms. The maximum Gasteiger partial charge on any atom is 0.308 e. The van der Waals surface area contributed by atoms with Crippen LogP contribution in [-0.4, -0.2) is 21.6 Å². The quantitative estimate of drug-likeness (QED) is 0.543. The monoisotopic (exact) mass is 336 g/mol. The van der Waals surface area contributed by atoms with Crippen molar-refractivity contribution in [3.05, 3.63) is 34.0 Å². The highest BCUT2D eigenvalue weighted by molar-refractivity contribution is 7.96. The molecule has 0 aromatic carbocycles. The van der Waals surface area contributed by atoms with Crippen LogP contribution in [0.5, 0.6) is 0 Å². The van der Waals surface area contributed by atoms with Gasteiger partial charge in [-0.1, -0.05) is 41.5 Å². The maximum atomic E-state index is 13.0. The largest absolute Gasteiger partial charge is 0.611 e. The highest BCUT2D eigenvalue weighted by Crippen LogP contribution is 2.48. The molecule has 0 bridgehead atoms. The van der Waals surface area contributed by atoms with E-state index in [0.717, 1.165) is 5.57 Å². The van der Waals surface area contributed by atoms with Gasteiger partial charge in [0.15, 0.2) is 0 Å². The third-order valence-corrected chi connectivity index (χ3v) is 5.21. The third kappa shape index (κ3) is 3.17. The van der Waals surface area contributed by atoms with Crippen molar-refractivity contribution in [3.8, 4) is 0 Å². The highest BCUT2D eigenvalue weighted by atomic mass is 32.2. The van der Waals surface area contributed by atoms with E-state index in [9.17, 15) is 14.1 Å². The van der Waals surface area contributed by atoms with Crippen LogP contribution in [0.1, 0.15) is 48.5 Å². The second-order valence-electron chi connectivity index (χ2n) is 8.00. The first-order valence-corrected chi connectivity index (χ1v) is 8.93. The molecular formula is C18H24O4S. The predicted molar refractivity (Wildman–Crippen MR) is 90.8 cm³/mol. The Morgan fingerprint density at radius 2 is 1.65 bits per heavy atom. The molecule has 2 aliphatic rings. The molecule has 0 saturated heterocycles. The van der Waals surface area contributed by atoms with Crippen molar-refractivity contribution in [1.82, 2.24) is 0 Å². The lowest BCUT2D eigenvalue weighted by atomic mass is 9.70. The van der Waals surface area contributed by atoms with Gasteiger partial charge in [-0.2, -0.15) is 0 Å². The summed E-state index contributed by atoms with van der Waals surface area (Å²) in [5.41, 5.74) is 1.09. The summed E-state index contributed by atoms with van der Waals surface area (Å²) in [5, 5.41) is 0.874. The Balaban J connectivity index is 2.84. The average Bonchev–Trinajstić information content (AvgIpc) is 2.67. The summed E-state index contributed by atoms with van der Waals surface area (Å²) in [6, 6.07) is 0. The fraction of sp³-hybridized carbons (Fsp3) is 0.556. The molecule has 4 nitrogen and oxygen atoms in total. The summed E-state index contributed by atoms with van der Waals surface area (Å²) in [7, 11) is 0. The van der Waals surface area contributed by atoms with E-state index in [1.54, 1.807) is 11.5 Å². The van der Waals surface area contributed by atoms with Crippen LogP contribution in [-0.2, 0) is 25.5 Å². The Kier molecular flexibility index (Phi) is 4.41. The zero-order valence-corrected chi connectivity index (χ0v) is 15.6. The Morgan fingerprint density at radius 1 is 1.13 bits per heavy atom. The summed E-state index contributed by atoms with van der Waals surface area (Å²) in [4.78, 5) is 24.7. The Morgan fingerprint density at radius 3 is 2.09 bits per heavy atom. The van der Waals surface area contributed by atoms with E-state index in [4.69, 9.17) is 4.74 Å². The molecule has 0 saturated carbocycles. The number of ether oxygens (including phenoxy) is 1. The van der Waals surface area contributed by atoms with Gasteiger partial charge in [0, 0.05) is 23.6 Å². The van der Waals surface area contributed by atoms with Gasteiger partial charge in [-0.25, -0.2) is 0 Å². The Labute approximate surface area is 140 Å². The third-order valence-electron chi connectivity index (χ3n) is 3.87. The molecule has 0 fully saturated rings. The lowest BCUT2D eigenvalue weighted by Crippen LogP contribution is -2.40. The van der Waals surface area contributed by atoms with Crippen LogP contribution in [0.2, 0.25) is 0 Å². The number of esters is 1. The number of fused-ring (bicyclic) bond motifs is 1. The van der Waals surface area contributed by atoms with E-state index in [-0.39, 0.29) is 11.2 Å². The molecule has 1 aliphatic heterocycles. The molecule has 0 aromatic heterocycles. The van der Waals surface area contributed by atoms with Crippen LogP contribution in [0, 0.1) is 10.8 Å². The second kappa shape index (κ2) is 5.64. The average molecular weight is 336 g/mol. The molecule has 2 rings (SSSR count). The van der Waals surface area contributed by atoms with Gasteiger partial charge in [0.2, 0.25) is 11.0 Å². The number of ketones is 1. The Hall–Kier alpha value is -1.33. The molecule has 1 aliphatic carbocycles. The van der Waals surface area contributed by atoms with Crippen molar-refractivity contribution >= 4 is 22.9 Å². The first-order valence-electron chi connectivity index (χ1n) is 7.65. The standard InChI is InChI=1S/C18H24O4S/c1-10(19)22-15-12(17(2,3)4)11-8-9-23(21)16(11)14(20)13(15)18(5,6)7/h8-9,16H,1-7H3. The van der Waals surface area contributed by atoms with Crippen molar-refractivity contribution in [3.63, 3.8) is 0 Å². The van der Waals surface area contributed by atoms with E-state index < -0.39 is 27.8 Å². The van der Waals surface area contributed by atoms with Gasteiger partial charge in [0.25, 0.3) is 0 Å². The summed E-state index contributed by atoms with van der Waals surface area (Å²) >= 11 is -1.37. The molecule has 0 spiro atoms. The van der Waals surface area contributed by atoms with Crippen molar-refractivity contribution in [2.75, 3.05) is 0 Å². The van der Waals surface area contributed by atoms with Gasteiger partial charge < -0.3 is 9.29 Å². The number of Topliss-reactive ketones (excluding diaryl/α,β-unsaturated/α-hetero) is 1. The normalized spacial score (nSPS) is 25.1. The highest BCUT2D eigenvalue weighted by Gasteiger charge is 2.50. The van der Waals surface area contributed by atoms with Crippen LogP contribution < -0.4 is 0 Å². The summed E-state index contributed by atoms with van der Waals surface area (Å²) in [6.45, 7) is 13.0. The molecule has 126 valence electrons. The van der Waals surface area contributed by atoms with E-state index in [1.807, 2.05) is 41.5 Å². The van der Waals surface area contributed by atoms with Crippen LogP contribution in [0.3, 0.4) is 0 Å². The second-order valence-corrected chi connectivity index (χ2v) is 9.40. The van der Waals surface area contributed by atoms with Crippen LogP contribution in [0.25, 0.3) is 0 Å².